The molecule has 0 bridgehead atoms. The topological polar surface area (TPSA) is 39.4 Å². The number of rotatable bonds is 3. The number of nitrogens with zero attached hydrogens (tertiary/aromatic N) is 3. The SMILES string of the molecule is COc1cccc(-c2cc(-c3ccc(C)cc3)nc3cc(C)nn23)c1. The van der Waals surface area contributed by atoms with Gasteiger partial charge in [0, 0.05) is 17.2 Å². The van der Waals surface area contributed by atoms with E-state index in [0.29, 0.717) is 0 Å². The zero-order valence-corrected chi connectivity index (χ0v) is 14.5. The summed E-state index contributed by atoms with van der Waals surface area (Å²) in [4.78, 5) is 4.79. The first-order chi connectivity index (χ1) is 12.1. The van der Waals surface area contributed by atoms with Crippen LogP contribution in [-0.4, -0.2) is 21.7 Å². The Hall–Kier alpha value is -3.14. The number of aryl methyl sites for hydroxylation is 2. The highest BCUT2D eigenvalue weighted by Gasteiger charge is 2.12. The van der Waals surface area contributed by atoms with E-state index >= 15 is 0 Å². The lowest BCUT2D eigenvalue weighted by atomic mass is 10.1. The van der Waals surface area contributed by atoms with Crippen molar-refractivity contribution < 1.29 is 4.74 Å². The van der Waals surface area contributed by atoms with Crippen LogP contribution in [0, 0.1) is 13.8 Å². The number of fused-ring (bicyclic) bond motifs is 1. The predicted molar refractivity (Wildman–Crippen MR) is 99.9 cm³/mol. The van der Waals surface area contributed by atoms with Crippen LogP contribution in [0.1, 0.15) is 11.3 Å². The monoisotopic (exact) mass is 329 g/mol. The minimum atomic E-state index is 0.822. The van der Waals surface area contributed by atoms with Crippen LogP contribution in [0.15, 0.2) is 60.7 Å². The molecule has 0 radical (unpaired) electrons. The van der Waals surface area contributed by atoms with E-state index in [9.17, 15) is 0 Å². The van der Waals surface area contributed by atoms with Crippen LogP contribution in [0.4, 0.5) is 0 Å². The summed E-state index contributed by atoms with van der Waals surface area (Å²) >= 11 is 0. The van der Waals surface area contributed by atoms with Gasteiger partial charge in [-0.25, -0.2) is 9.50 Å². The quantitative estimate of drug-likeness (QED) is 0.547. The highest BCUT2D eigenvalue weighted by Crippen LogP contribution is 2.28. The van der Waals surface area contributed by atoms with Crippen LogP contribution in [0.25, 0.3) is 28.2 Å². The maximum atomic E-state index is 5.38. The van der Waals surface area contributed by atoms with Gasteiger partial charge in [-0.15, -0.1) is 0 Å². The third-order valence-electron chi connectivity index (χ3n) is 4.26. The fourth-order valence-electron chi connectivity index (χ4n) is 2.95. The van der Waals surface area contributed by atoms with E-state index in [2.05, 4.69) is 48.4 Å². The lowest BCUT2D eigenvalue weighted by Crippen LogP contribution is -1.98. The average Bonchev–Trinajstić information content (AvgIpc) is 3.01. The van der Waals surface area contributed by atoms with Gasteiger partial charge in [-0.2, -0.15) is 5.10 Å². The van der Waals surface area contributed by atoms with E-state index in [1.54, 1.807) is 7.11 Å². The minimum Gasteiger partial charge on any atom is -0.497 e. The lowest BCUT2D eigenvalue weighted by Gasteiger charge is -2.10. The molecule has 0 atom stereocenters. The van der Waals surface area contributed by atoms with E-state index in [0.717, 1.165) is 39.6 Å². The summed E-state index contributed by atoms with van der Waals surface area (Å²) in [6.45, 7) is 4.07. The molecule has 0 aliphatic heterocycles. The molecule has 124 valence electrons. The molecule has 2 aromatic heterocycles. The molecule has 0 amide bonds. The van der Waals surface area contributed by atoms with Gasteiger partial charge in [0.2, 0.25) is 0 Å². The summed E-state index contributed by atoms with van der Waals surface area (Å²) in [5.74, 6) is 0.822. The molecule has 2 heterocycles. The second-order valence-corrected chi connectivity index (χ2v) is 6.18. The first-order valence-electron chi connectivity index (χ1n) is 8.23. The van der Waals surface area contributed by atoms with Crippen molar-refractivity contribution in [3.63, 3.8) is 0 Å². The Morgan fingerprint density at radius 1 is 0.880 bits per heavy atom. The third-order valence-corrected chi connectivity index (χ3v) is 4.26. The van der Waals surface area contributed by atoms with E-state index in [4.69, 9.17) is 9.72 Å². The Morgan fingerprint density at radius 3 is 2.44 bits per heavy atom. The third kappa shape index (κ3) is 2.87. The zero-order valence-electron chi connectivity index (χ0n) is 14.5. The van der Waals surface area contributed by atoms with Gasteiger partial charge in [-0.05, 0) is 32.0 Å². The van der Waals surface area contributed by atoms with E-state index in [1.807, 2.05) is 35.7 Å². The largest absolute Gasteiger partial charge is 0.497 e. The molecule has 0 saturated carbocycles. The number of methoxy groups -OCH3 is 1. The molecule has 4 heteroatoms. The molecule has 4 aromatic rings. The second-order valence-electron chi connectivity index (χ2n) is 6.18. The number of ether oxygens (including phenoxy) is 1. The zero-order chi connectivity index (χ0) is 17.4. The van der Waals surface area contributed by atoms with Crippen molar-refractivity contribution in [1.29, 1.82) is 0 Å². The van der Waals surface area contributed by atoms with Crippen LogP contribution in [0.2, 0.25) is 0 Å². The van der Waals surface area contributed by atoms with Crippen molar-refractivity contribution in [2.75, 3.05) is 7.11 Å². The molecule has 0 saturated heterocycles. The summed E-state index contributed by atoms with van der Waals surface area (Å²) < 4.78 is 7.27. The normalized spacial score (nSPS) is 11.0. The van der Waals surface area contributed by atoms with E-state index in [-0.39, 0.29) is 0 Å². The van der Waals surface area contributed by atoms with E-state index in [1.165, 1.54) is 5.56 Å². The van der Waals surface area contributed by atoms with Gasteiger partial charge < -0.3 is 4.74 Å². The highest BCUT2D eigenvalue weighted by atomic mass is 16.5. The Balaban J connectivity index is 1.96. The molecule has 0 N–H and O–H groups in total. The van der Waals surface area contributed by atoms with Crippen LogP contribution in [0.3, 0.4) is 0 Å². The molecular weight excluding hydrogens is 310 g/mol. The van der Waals surface area contributed by atoms with Crippen molar-refractivity contribution in [2.24, 2.45) is 0 Å². The Bertz CT molecular complexity index is 1050. The first-order valence-corrected chi connectivity index (χ1v) is 8.23. The van der Waals surface area contributed by atoms with Crippen molar-refractivity contribution in [3.05, 3.63) is 71.9 Å². The average molecular weight is 329 g/mol. The maximum absolute atomic E-state index is 5.38. The van der Waals surface area contributed by atoms with Gasteiger partial charge >= 0.3 is 0 Å². The minimum absolute atomic E-state index is 0.822. The maximum Gasteiger partial charge on any atom is 0.156 e. The van der Waals surface area contributed by atoms with Gasteiger partial charge in [-0.3, -0.25) is 0 Å². The molecule has 2 aromatic carbocycles. The molecule has 4 rings (SSSR count). The molecule has 0 aliphatic rings. The predicted octanol–water partition coefficient (Wildman–Crippen LogP) is 4.69. The molecule has 25 heavy (non-hydrogen) atoms. The van der Waals surface area contributed by atoms with Gasteiger partial charge in [0.15, 0.2) is 5.65 Å². The van der Waals surface area contributed by atoms with E-state index < -0.39 is 0 Å². The smallest absolute Gasteiger partial charge is 0.156 e. The number of aromatic nitrogens is 3. The Labute approximate surface area is 146 Å². The summed E-state index contributed by atoms with van der Waals surface area (Å²) in [7, 11) is 1.68. The van der Waals surface area contributed by atoms with Crippen LogP contribution < -0.4 is 4.74 Å². The van der Waals surface area contributed by atoms with Crippen molar-refractivity contribution in [2.45, 2.75) is 13.8 Å². The number of hydrogen-bond acceptors (Lipinski definition) is 3. The summed E-state index contributed by atoms with van der Waals surface area (Å²) in [5, 5.41) is 4.61. The van der Waals surface area contributed by atoms with Crippen LogP contribution in [-0.2, 0) is 0 Å². The van der Waals surface area contributed by atoms with Crippen molar-refractivity contribution in [3.8, 4) is 28.3 Å². The van der Waals surface area contributed by atoms with Crippen molar-refractivity contribution in [1.82, 2.24) is 14.6 Å². The molecular formula is C21H19N3O. The number of benzene rings is 2. The van der Waals surface area contributed by atoms with Gasteiger partial charge in [-0.1, -0.05) is 42.0 Å². The first kappa shape index (κ1) is 15.4. The summed E-state index contributed by atoms with van der Waals surface area (Å²) in [6.07, 6.45) is 0. The van der Waals surface area contributed by atoms with Gasteiger partial charge in [0.1, 0.15) is 5.75 Å². The van der Waals surface area contributed by atoms with Crippen molar-refractivity contribution >= 4 is 5.65 Å². The summed E-state index contributed by atoms with van der Waals surface area (Å²) in [6, 6.07) is 20.5. The molecule has 0 spiro atoms. The summed E-state index contributed by atoms with van der Waals surface area (Å²) in [5.41, 5.74) is 7.08. The Kier molecular flexibility index (Phi) is 3.73. The highest BCUT2D eigenvalue weighted by molar-refractivity contribution is 5.72. The second kappa shape index (κ2) is 6.06. The Morgan fingerprint density at radius 2 is 1.68 bits per heavy atom. The molecule has 0 unspecified atom stereocenters. The molecule has 0 fully saturated rings. The molecule has 0 aliphatic carbocycles. The van der Waals surface area contributed by atoms with Crippen LogP contribution in [0.5, 0.6) is 5.75 Å². The fourth-order valence-corrected chi connectivity index (χ4v) is 2.95. The standard InChI is InChI=1S/C21H19N3O/c1-14-7-9-16(10-8-14)19-13-20(17-5-4-6-18(12-17)25-3)24-21(22-19)11-15(2)23-24/h4-13H,1-3H3. The van der Waals surface area contributed by atoms with Crippen LogP contribution >= 0.6 is 0 Å². The molecule has 4 nitrogen and oxygen atoms in total. The number of hydrogen-bond donors (Lipinski definition) is 0. The lowest BCUT2D eigenvalue weighted by molar-refractivity contribution is 0.415. The van der Waals surface area contributed by atoms with Gasteiger partial charge in [0.25, 0.3) is 0 Å². The fraction of sp³-hybridized carbons (Fsp3) is 0.143. The van der Waals surface area contributed by atoms with Gasteiger partial charge in [0.05, 0.1) is 24.2 Å².